The number of nitrogens with zero attached hydrogens (tertiary/aromatic N) is 1. The summed E-state index contributed by atoms with van der Waals surface area (Å²) in [6, 6.07) is 14.7. The number of carbonyl (C=O) groups excluding carboxylic acids is 3. The van der Waals surface area contributed by atoms with Crippen molar-refractivity contribution in [3.05, 3.63) is 77.4 Å². The average Bonchev–Trinajstić information content (AvgIpc) is 3.57. The Balaban J connectivity index is 1.32. The van der Waals surface area contributed by atoms with Crippen LogP contribution in [-0.4, -0.2) is 46.4 Å². The van der Waals surface area contributed by atoms with E-state index in [1.54, 1.807) is 4.90 Å². The zero-order chi connectivity index (χ0) is 28.2. The molecule has 3 heterocycles. The molecule has 0 unspecified atom stereocenters. The van der Waals surface area contributed by atoms with Crippen molar-refractivity contribution in [2.75, 3.05) is 5.32 Å². The van der Waals surface area contributed by atoms with Crippen molar-refractivity contribution in [1.29, 1.82) is 0 Å². The van der Waals surface area contributed by atoms with Crippen LogP contribution in [0.25, 0.3) is 0 Å². The fraction of sp³-hybridized carbons (Fsp3) is 0.485. The van der Waals surface area contributed by atoms with Gasteiger partial charge in [0.1, 0.15) is 11.6 Å². The van der Waals surface area contributed by atoms with Crippen molar-refractivity contribution >= 4 is 23.4 Å². The second kappa shape index (κ2) is 10.2. The number of amides is 3. The van der Waals surface area contributed by atoms with Crippen LogP contribution in [0, 0.1) is 37.5 Å². The SMILES string of the molecule is Cc1ccc(NC(=O)[C@H]2[C@H]3C=C[C@@]4(O3)[C@H]2C(=O)N(Cc2ccccc2)[C@@H]4C(=O)N[C@@H]2CCC[C@H](C)[C@@H]2C)cc1C. The van der Waals surface area contributed by atoms with Crippen molar-refractivity contribution < 1.29 is 19.1 Å². The first-order chi connectivity index (χ1) is 19.2. The second-order valence-corrected chi connectivity index (χ2v) is 12.3. The molecule has 0 aromatic heterocycles. The van der Waals surface area contributed by atoms with Gasteiger partial charge in [-0.1, -0.05) is 75.2 Å². The van der Waals surface area contributed by atoms with Crippen LogP contribution in [0.5, 0.6) is 0 Å². The molecule has 3 aliphatic heterocycles. The summed E-state index contributed by atoms with van der Waals surface area (Å²) in [6.07, 6.45) is 6.35. The monoisotopic (exact) mass is 541 g/mol. The number of benzene rings is 2. The van der Waals surface area contributed by atoms with Crippen molar-refractivity contribution in [2.24, 2.45) is 23.7 Å². The van der Waals surface area contributed by atoms with Gasteiger partial charge in [-0.25, -0.2) is 0 Å². The van der Waals surface area contributed by atoms with E-state index in [1.807, 2.05) is 74.5 Å². The minimum atomic E-state index is -1.17. The quantitative estimate of drug-likeness (QED) is 0.526. The van der Waals surface area contributed by atoms with E-state index in [2.05, 4.69) is 24.5 Å². The molecule has 0 radical (unpaired) electrons. The molecule has 8 atom stereocenters. The van der Waals surface area contributed by atoms with Crippen molar-refractivity contribution in [3.8, 4) is 0 Å². The zero-order valence-corrected chi connectivity index (χ0v) is 23.7. The van der Waals surface area contributed by atoms with Crippen LogP contribution in [0.4, 0.5) is 5.69 Å². The Morgan fingerprint density at radius 2 is 1.80 bits per heavy atom. The van der Waals surface area contributed by atoms with Crippen molar-refractivity contribution in [3.63, 3.8) is 0 Å². The van der Waals surface area contributed by atoms with Crippen LogP contribution >= 0.6 is 0 Å². The highest BCUT2D eigenvalue weighted by molar-refractivity contribution is 6.02. The number of hydrogen-bond donors (Lipinski definition) is 2. The minimum Gasteiger partial charge on any atom is -0.359 e. The maximum Gasteiger partial charge on any atom is 0.246 e. The predicted molar refractivity (Wildman–Crippen MR) is 153 cm³/mol. The summed E-state index contributed by atoms with van der Waals surface area (Å²) in [6.45, 7) is 8.74. The molecule has 2 aromatic carbocycles. The Morgan fingerprint density at radius 1 is 1.02 bits per heavy atom. The van der Waals surface area contributed by atoms with E-state index in [0.29, 0.717) is 17.5 Å². The van der Waals surface area contributed by atoms with Crippen LogP contribution in [-0.2, 0) is 25.7 Å². The number of aryl methyl sites for hydroxylation is 2. The molecule has 2 aromatic rings. The maximum atomic E-state index is 14.2. The molecule has 1 saturated carbocycles. The number of rotatable bonds is 6. The van der Waals surface area contributed by atoms with Gasteiger partial charge in [-0.2, -0.15) is 0 Å². The van der Waals surface area contributed by atoms with Gasteiger partial charge in [-0.15, -0.1) is 0 Å². The molecular formula is C33H39N3O4. The van der Waals surface area contributed by atoms with E-state index in [1.165, 1.54) is 0 Å². The van der Waals surface area contributed by atoms with Gasteiger partial charge >= 0.3 is 0 Å². The summed E-state index contributed by atoms with van der Waals surface area (Å²) in [5, 5.41) is 6.34. The molecule has 4 aliphatic rings. The summed E-state index contributed by atoms with van der Waals surface area (Å²) in [7, 11) is 0. The number of fused-ring (bicyclic) bond motifs is 1. The molecule has 7 nitrogen and oxygen atoms in total. The summed E-state index contributed by atoms with van der Waals surface area (Å²) in [4.78, 5) is 43.7. The molecule has 2 saturated heterocycles. The van der Waals surface area contributed by atoms with E-state index in [-0.39, 0.29) is 30.3 Å². The van der Waals surface area contributed by atoms with E-state index in [4.69, 9.17) is 4.74 Å². The normalized spacial score (nSPS) is 34.1. The van der Waals surface area contributed by atoms with Crippen LogP contribution < -0.4 is 10.6 Å². The summed E-state index contributed by atoms with van der Waals surface area (Å²) < 4.78 is 6.51. The Labute approximate surface area is 236 Å². The molecular weight excluding hydrogens is 502 g/mol. The van der Waals surface area contributed by atoms with Gasteiger partial charge < -0.3 is 20.3 Å². The average molecular weight is 542 g/mol. The highest BCUT2D eigenvalue weighted by atomic mass is 16.5. The van der Waals surface area contributed by atoms with Gasteiger partial charge in [0.15, 0.2) is 0 Å². The minimum absolute atomic E-state index is 0.0480. The van der Waals surface area contributed by atoms with Crippen LogP contribution in [0.3, 0.4) is 0 Å². The number of nitrogens with one attached hydrogen (secondary N) is 2. The number of likely N-dealkylation sites (tertiary alicyclic amines) is 1. The third kappa shape index (κ3) is 4.35. The maximum absolute atomic E-state index is 14.2. The Morgan fingerprint density at radius 3 is 2.55 bits per heavy atom. The molecule has 2 bridgehead atoms. The fourth-order valence-electron chi connectivity index (χ4n) is 7.31. The van der Waals surface area contributed by atoms with Crippen LogP contribution in [0.1, 0.15) is 49.8 Å². The van der Waals surface area contributed by atoms with Crippen molar-refractivity contribution in [1.82, 2.24) is 10.2 Å². The largest absolute Gasteiger partial charge is 0.359 e. The van der Waals surface area contributed by atoms with Crippen molar-refractivity contribution in [2.45, 2.75) is 77.3 Å². The Hall–Kier alpha value is -3.45. The second-order valence-electron chi connectivity index (χ2n) is 12.3. The smallest absolute Gasteiger partial charge is 0.246 e. The van der Waals surface area contributed by atoms with E-state index >= 15 is 0 Å². The number of hydrogen-bond acceptors (Lipinski definition) is 4. The Bertz CT molecular complexity index is 1360. The molecule has 1 spiro atoms. The van der Waals surface area contributed by atoms with E-state index in [9.17, 15) is 14.4 Å². The third-order valence-electron chi connectivity index (χ3n) is 9.93. The standard InChI is InChI=1S/C33H39N3O4/c1-19-13-14-24(17-21(19)3)34-30(37)27-26-15-16-33(40-26)28(27)32(39)36(18-23-10-6-5-7-11-23)29(33)31(38)35-25-12-8-9-20(2)22(25)4/h5-7,10-11,13-17,20,22,25-29H,8-9,12,18H2,1-4H3,(H,34,37)(H,35,38)/t20-,22-,25+,26+,27-,28+,29+,33+/m0/s1. The van der Waals surface area contributed by atoms with E-state index < -0.39 is 29.6 Å². The van der Waals surface area contributed by atoms with Gasteiger partial charge in [-0.3, -0.25) is 14.4 Å². The molecule has 2 N–H and O–H groups in total. The summed E-state index contributed by atoms with van der Waals surface area (Å²) in [5.74, 6) is -1.28. The molecule has 3 fully saturated rings. The lowest BCUT2D eigenvalue weighted by Gasteiger charge is -2.38. The fourth-order valence-corrected chi connectivity index (χ4v) is 7.31. The highest BCUT2D eigenvalue weighted by Crippen LogP contribution is 2.55. The molecule has 210 valence electrons. The first-order valence-corrected chi connectivity index (χ1v) is 14.6. The van der Waals surface area contributed by atoms with Crippen LogP contribution in [0.15, 0.2) is 60.7 Å². The number of carbonyl (C=O) groups is 3. The third-order valence-corrected chi connectivity index (χ3v) is 9.93. The molecule has 1 aliphatic carbocycles. The Kier molecular flexibility index (Phi) is 6.81. The van der Waals surface area contributed by atoms with Gasteiger partial charge in [0.2, 0.25) is 17.7 Å². The lowest BCUT2D eigenvalue weighted by Crippen LogP contribution is -2.57. The van der Waals surface area contributed by atoms with Gasteiger partial charge in [0.05, 0.1) is 17.9 Å². The lowest BCUT2D eigenvalue weighted by atomic mass is 9.73. The summed E-state index contributed by atoms with van der Waals surface area (Å²) >= 11 is 0. The first-order valence-electron chi connectivity index (χ1n) is 14.6. The van der Waals surface area contributed by atoms with Gasteiger partial charge in [0.25, 0.3) is 0 Å². The molecule has 40 heavy (non-hydrogen) atoms. The van der Waals surface area contributed by atoms with Gasteiger partial charge in [-0.05, 0) is 60.9 Å². The molecule has 7 heteroatoms. The highest BCUT2D eigenvalue weighted by Gasteiger charge is 2.72. The first kappa shape index (κ1) is 26.8. The number of anilines is 1. The topological polar surface area (TPSA) is 87.7 Å². The molecule has 6 rings (SSSR count). The van der Waals surface area contributed by atoms with Crippen LogP contribution in [0.2, 0.25) is 0 Å². The van der Waals surface area contributed by atoms with E-state index in [0.717, 1.165) is 36.0 Å². The zero-order valence-electron chi connectivity index (χ0n) is 23.7. The predicted octanol–water partition coefficient (Wildman–Crippen LogP) is 4.53. The molecule has 3 amide bonds. The van der Waals surface area contributed by atoms with Gasteiger partial charge in [0, 0.05) is 18.3 Å². The number of ether oxygens (including phenoxy) is 1. The summed E-state index contributed by atoms with van der Waals surface area (Å²) in [5.41, 5.74) is 2.66. The lowest BCUT2D eigenvalue weighted by molar-refractivity contribution is -0.142.